The summed E-state index contributed by atoms with van der Waals surface area (Å²) in [5.74, 6) is -0.272. The Morgan fingerprint density at radius 1 is 1.00 bits per heavy atom. The molecule has 23 heavy (non-hydrogen) atoms. The van der Waals surface area contributed by atoms with E-state index in [1.165, 1.54) is 0 Å². The summed E-state index contributed by atoms with van der Waals surface area (Å²) in [6.45, 7) is 11.1. The fourth-order valence-corrected chi connectivity index (χ4v) is 1.44. The van der Waals surface area contributed by atoms with Gasteiger partial charge >= 0.3 is 12.2 Å². The molecule has 2 amide bonds. The highest BCUT2D eigenvalue weighted by Crippen LogP contribution is 2.08. The van der Waals surface area contributed by atoms with Crippen molar-refractivity contribution in [2.24, 2.45) is 11.0 Å². The lowest BCUT2D eigenvalue weighted by molar-refractivity contribution is 0.0510. The molecule has 0 aromatic heterocycles. The van der Waals surface area contributed by atoms with Gasteiger partial charge < -0.3 is 20.1 Å². The van der Waals surface area contributed by atoms with Gasteiger partial charge in [-0.2, -0.15) is 0 Å². The molecule has 0 aliphatic heterocycles. The molecule has 0 saturated carbocycles. The number of hydrogen-bond acceptors (Lipinski definition) is 5. The fourth-order valence-electron chi connectivity index (χ4n) is 1.44. The number of nitrogens with one attached hydrogen (secondary N) is 2. The highest BCUT2D eigenvalue weighted by molar-refractivity contribution is 5.68. The van der Waals surface area contributed by atoms with Crippen molar-refractivity contribution >= 4 is 12.2 Å². The van der Waals surface area contributed by atoms with Gasteiger partial charge in [0.15, 0.2) is 0 Å². The van der Waals surface area contributed by atoms with E-state index >= 15 is 0 Å². The first-order chi connectivity index (χ1) is 10.4. The van der Waals surface area contributed by atoms with Gasteiger partial charge in [0.05, 0.1) is 0 Å². The average molecular weight is 329 g/mol. The van der Waals surface area contributed by atoms with Crippen molar-refractivity contribution in [3.8, 4) is 0 Å². The van der Waals surface area contributed by atoms with Crippen LogP contribution in [-0.2, 0) is 9.47 Å². The van der Waals surface area contributed by atoms with Crippen molar-refractivity contribution in [1.82, 2.24) is 10.6 Å². The lowest BCUT2D eigenvalue weighted by Gasteiger charge is -2.23. The van der Waals surface area contributed by atoms with Crippen LogP contribution in [0.25, 0.3) is 10.4 Å². The quantitative estimate of drug-likeness (QED) is 0.441. The van der Waals surface area contributed by atoms with E-state index in [0.29, 0.717) is 0 Å². The van der Waals surface area contributed by atoms with Gasteiger partial charge in [0.25, 0.3) is 0 Å². The predicted molar refractivity (Wildman–Crippen MR) is 86.0 cm³/mol. The number of amides is 2. The maximum Gasteiger partial charge on any atom is 0.407 e. The smallest absolute Gasteiger partial charge is 0.407 e. The molecule has 0 rings (SSSR count). The lowest BCUT2D eigenvalue weighted by Crippen LogP contribution is -2.41. The minimum absolute atomic E-state index is 0.127. The third-order valence-corrected chi connectivity index (χ3v) is 2.27. The average Bonchev–Trinajstić information content (AvgIpc) is 2.33. The summed E-state index contributed by atoms with van der Waals surface area (Å²) >= 11 is 0. The number of ether oxygens (including phenoxy) is 2. The van der Waals surface area contributed by atoms with Gasteiger partial charge in [-0.3, -0.25) is 0 Å². The molecule has 0 aromatic carbocycles. The number of alkyl carbamates (subject to hydrolysis) is 2. The Bertz CT molecular complexity index is 415. The van der Waals surface area contributed by atoms with Gasteiger partial charge in [-0.05, 0) is 53.0 Å². The second-order valence-electron chi connectivity index (χ2n) is 7.05. The summed E-state index contributed by atoms with van der Waals surface area (Å²) in [5.41, 5.74) is 7.21. The van der Waals surface area contributed by atoms with Gasteiger partial charge in [-0.25, -0.2) is 9.59 Å². The molecular formula is C14H27N5O4. The number of hydrogen-bond donors (Lipinski definition) is 2. The second kappa shape index (κ2) is 9.09. The van der Waals surface area contributed by atoms with Gasteiger partial charge in [0.1, 0.15) is 11.2 Å². The second-order valence-corrected chi connectivity index (χ2v) is 7.05. The minimum atomic E-state index is -0.598. The number of azide groups is 1. The Morgan fingerprint density at radius 3 is 1.70 bits per heavy atom. The molecule has 0 radical (unpaired) electrons. The maximum atomic E-state index is 11.6. The molecule has 9 heteroatoms. The fraction of sp³-hybridized carbons (Fsp3) is 0.857. The number of carbonyl (C=O) groups excluding carboxylic acids is 2. The zero-order valence-corrected chi connectivity index (χ0v) is 14.7. The molecule has 0 unspecified atom stereocenters. The molecule has 0 spiro atoms. The summed E-state index contributed by atoms with van der Waals surface area (Å²) in [4.78, 5) is 25.9. The molecule has 0 aliphatic carbocycles. The molecule has 0 aliphatic rings. The Morgan fingerprint density at radius 2 is 1.39 bits per heavy atom. The molecule has 0 atom stereocenters. The third kappa shape index (κ3) is 13.2. The van der Waals surface area contributed by atoms with E-state index in [0.717, 1.165) is 0 Å². The SMILES string of the molecule is CC(C)(C)OC(=O)NCC(CN=[N+]=[N-])CNC(=O)OC(C)(C)C. The topological polar surface area (TPSA) is 125 Å². The van der Waals surface area contributed by atoms with Crippen molar-refractivity contribution in [3.05, 3.63) is 10.4 Å². The van der Waals surface area contributed by atoms with Crippen LogP contribution in [0.2, 0.25) is 0 Å². The third-order valence-electron chi connectivity index (χ3n) is 2.27. The van der Waals surface area contributed by atoms with Gasteiger partial charge in [0, 0.05) is 24.5 Å². The van der Waals surface area contributed by atoms with Crippen LogP contribution in [0.5, 0.6) is 0 Å². The molecule has 0 fully saturated rings. The molecule has 132 valence electrons. The van der Waals surface area contributed by atoms with Crippen molar-refractivity contribution < 1.29 is 19.1 Å². The summed E-state index contributed by atoms with van der Waals surface area (Å²) in [6, 6.07) is 0. The highest BCUT2D eigenvalue weighted by Gasteiger charge is 2.19. The zero-order valence-electron chi connectivity index (χ0n) is 14.7. The Kier molecular flexibility index (Phi) is 8.24. The summed E-state index contributed by atoms with van der Waals surface area (Å²) in [6.07, 6.45) is -1.14. The first-order valence-electron chi connectivity index (χ1n) is 7.37. The van der Waals surface area contributed by atoms with Crippen molar-refractivity contribution in [2.75, 3.05) is 19.6 Å². The van der Waals surface area contributed by atoms with Crippen LogP contribution in [0, 0.1) is 5.92 Å². The number of carbonyl (C=O) groups is 2. The van der Waals surface area contributed by atoms with Crippen LogP contribution in [0.1, 0.15) is 41.5 Å². The number of rotatable bonds is 6. The molecule has 0 bridgehead atoms. The first-order valence-corrected chi connectivity index (χ1v) is 7.37. The van der Waals surface area contributed by atoms with Crippen LogP contribution < -0.4 is 10.6 Å². The van der Waals surface area contributed by atoms with Crippen molar-refractivity contribution in [3.63, 3.8) is 0 Å². The molecule has 2 N–H and O–H groups in total. The van der Waals surface area contributed by atoms with E-state index < -0.39 is 23.4 Å². The van der Waals surface area contributed by atoms with Crippen LogP contribution in [0.15, 0.2) is 5.11 Å². The van der Waals surface area contributed by atoms with Crippen LogP contribution >= 0.6 is 0 Å². The molecular weight excluding hydrogens is 302 g/mol. The largest absolute Gasteiger partial charge is 0.444 e. The van der Waals surface area contributed by atoms with Crippen molar-refractivity contribution in [1.29, 1.82) is 0 Å². The summed E-state index contributed by atoms with van der Waals surface area (Å²) < 4.78 is 10.2. The zero-order chi connectivity index (χ0) is 18.1. The van der Waals surface area contributed by atoms with Crippen LogP contribution in [0.3, 0.4) is 0 Å². The highest BCUT2D eigenvalue weighted by atomic mass is 16.6. The van der Waals surface area contributed by atoms with Gasteiger partial charge in [-0.1, -0.05) is 5.11 Å². The van der Waals surface area contributed by atoms with Crippen LogP contribution in [0.4, 0.5) is 9.59 Å². The molecule has 0 aromatic rings. The van der Waals surface area contributed by atoms with E-state index in [1.807, 2.05) is 0 Å². The minimum Gasteiger partial charge on any atom is -0.444 e. The Labute approximate surface area is 136 Å². The van der Waals surface area contributed by atoms with E-state index in [4.69, 9.17) is 15.0 Å². The summed E-state index contributed by atoms with van der Waals surface area (Å²) in [5, 5.41) is 8.64. The van der Waals surface area contributed by atoms with Crippen LogP contribution in [-0.4, -0.2) is 43.0 Å². The summed E-state index contributed by atoms with van der Waals surface area (Å²) in [7, 11) is 0. The Hall–Kier alpha value is -2.15. The Balaban J connectivity index is 4.39. The monoisotopic (exact) mass is 329 g/mol. The van der Waals surface area contributed by atoms with E-state index in [1.54, 1.807) is 41.5 Å². The van der Waals surface area contributed by atoms with E-state index in [9.17, 15) is 9.59 Å². The normalized spacial score (nSPS) is 11.4. The van der Waals surface area contributed by atoms with Crippen molar-refractivity contribution in [2.45, 2.75) is 52.7 Å². The van der Waals surface area contributed by atoms with Gasteiger partial charge in [-0.15, -0.1) is 0 Å². The maximum absolute atomic E-state index is 11.6. The number of nitrogens with zero attached hydrogens (tertiary/aromatic N) is 3. The first kappa shape index (κ1) is 20.9. The lowest BCUT2D eigenvalue weighted by atomic mass is 10.1. The van der Waals surface area contributed by atoms with E-state index in [-0.39, 0.29) is 25.6 Å². The molecule has 9 nitrogen and oxygen atoms in total. The van der Waals surface area contributed by atoms with E-state index in [2.05, 4.69) is 20.7 Å². The molecule has 0 saturated heterocycles. The standard InChI is InChI=1S/C14H27N5O4/c1-13(2,3)22-11(20)16-7-10(9-18-19-15)8-17-12(21)23-14(4,5)6/h10H,7-9H2,1-6H3,(H,16,20)(H,17,21). The molecule has 0 heterocycles. The predicted octanol–water partition coefficient (Wildman–Crippen LogP) is 2.96. The van der Waals surface area contributed by atoms with Gasteiger partial charge in [0.2, 0.25) is 0 Å².